The Balaban J connectivity index is 1.47. The molecule has 1 aliphatic rings. The van der Waals surface area contributed by atoms with Crippen molar-refractivity contribution >= 4 is 45.9 Å². The van der Waals surface area contributed by atoms with Crippen LogP contribution in [-0.4, -0.2) is 47.2 Å². The molecule has 1 aliphatic carbocycles. The highest BCUT2D eigenvalue weighted by Crippen LogP contribution is 2.35. The molecule has 1 saturated carbocycles. The molecule has 38 heavy (non-hydrogen) atoms. The maximum Gasteiger partial charge on any atom is 0.328 e. The van der Waals surface area contributed by atoms with E-state index in [9.17, 15) is 14.7 Å². The fraction of sp³-hybridized carbons (Fsp3) is 0.429. The maximum absolute atomic E-state index is 12.9. The largest absolute Gasteiger partial charge is 0.504 e. The summed E-state index contributed by atoms with van der Waals surface area (Å²) in [6.07, 6.45) is 8.30. The Morgan fingerprint density at radius 2 is 1.92 bits per heavy atom. The summed E-state index contributed by atoms with van der Waals surface area (Å²) in [6, 6.07) is 7.89. The van der Waals surface area contributed by atoms with E-state index >= 15 is 0 Å². The maximum atomic E-state index is 12.9. The Labute approximate surface area is 226 Å². The number of methoxy groups -OCH3 is 2. The van der Waals surface area contributed by atoms with Gasteiger partial charge in [-0.05, 0) is 42.5 Å². The molecule has 1 fully saturated rings. The topological polar surface area (TPSA) is 123 Å². The summed E-state index contributed by atoms with van der Waals surface area (Å²) >= 11 is 6.28. The van der Waals surface area contributed by atoms with E-state index in [2.05, 4.69) is 20.6 Å². The first-order valence-electron chi connectivity index (χ1n) is 12.8. The minimum Gasteiger partial charge on any atom is -0.504 e. The number of phenolic OH excluding ortho intramolecular Hbond substituents is 1. The lowest BCUT2D eigenvalue weighted by atomic mass is 9.85. The van der Waals surface area contributed by atoms with Crippen molar-refractivity contribution in [2.75, 3.05) is 19.5 Å². The van der Waals surface area contributed by atoms with E-state index in [1.807, 2.05) is 6.07 Å². The van der Waals surface area contributed by atoms with Crippen molar-refractivity contribution in [1.29, 1.82) is 0 Å². The third-order valence-corrected chi connectivity index (χ3v) is 7.23. The fourth-order valence-corrected chi connectivity index (χ4v) is 5.15. The van der Waals surface area contributed by atoms with Crippen LogP contribution in [0.3, 0.4) is 0 Å². The molecule has 0 unspecified atom stereocenters. The standard InChI is InChI=1S/C28H33ClN4O5/c1-37-25-15-22-20(14-24(25)34)27(31-16-30-22)33-21-13-19(29)10-8-18(21)9-11-26(35)32-23(28(36)38-2)12-17-6-4-3-5-7-17/h8,10,13-17,23,34H,3-7,9,11-12H2,1-2H3,(H,32,35)(H,30,31,33)/t23-/m1/s1. The van der Waals surface area contributed by atoms with Crippen LogP contribution < -0.4 is 15.4 Å². The van der Waals surface area contributed by atoms with E-state index in [1.165, 1.54) is 33.0 Å². The molecule has 9 nitrogen and oxygen atoms in total. The number of phenols is 1. The molecule has 0 aliphatic heterocycles. The predicted molar refractivity (Wildman–Crippen MR) is 146 cm³/mol. The Morgan fingerprint density at radius 3 is 2.66 bits per heavy atom. The van der Waals surface area contributed by atoms with Crippen LogP contribution in [0, 0.1) is 5.92 Å². The number of carbonyl (C=O) groups excluding carboxylic acids is 2. The van der Waals surface area contributed by atoms with Gasteiger partial charge in [0.05, 0.1) is 19.7 Å². The molecule has 2 aromatic carbocycles. The van der Waals surface area contributed by atoms with Gasteiger partial charge in [0.1, 0.15) is 18.2 Å². The first-order valence-corrected chi connectivity index (χ1v) is 13.2. The summed E-state index contributed by atoms with van der Waals surface area (Å²) in [7, 11) is 2.82. The van der Waals surface area contributed by atoms with Crippen molar-refractivity contribution in [1.82, 2.24) is 15.3 Å². The zero-order chi connectivity index (χ0) is 27.1. The van der Waals surface area contributed by atoms with Crippen molar-refractivity contribution in [3.05, 3.63) is 47.2 Å². The number of amides is 1. The van der Waals surface area contributed by atoms with Crippen LogP contribution in [0.5, 0.6) is 11.5 Å². The van der Waals surface area contributed by atoms with Gasteiger partial charge in [-0.25, -0.2) is 14.8 Å². The molecule has 0 bridgehead atoms. The van der Waals surface area contributed by atoms with Crippen molar-refractivity contribution in [3.8, 4) is 11.5 Å². The smallest absolute Gasteiger partial charge is 0.328 e. The zero-order valence-electron chi connectivity index (χ0n) is 21.6. The van der Waals surface area contributed by atoms with Crippen molar-refractivity contribution < 1.29 is 24.2 Å². The number of fused-ring (bicyclic) bond motifs is 1. The van der Waals surface area contributed by atoms with Crippen LogP contribution in [0.4, 0.5) is 11.5 Å². The van der Waals surface area contributed by atoms with Gasteiger partial charge < -0.3 is 25.2 Å². The second-order valence-corrected chi connectivity index (χ2v) is 10.0. The quantitative estimate of drug-likeness (QED) is 0.296. The number of hydrogen-bond donors (Lipinski definition) is 3. The highest BCUT2D eigenvalue weighted by Gasteiger charge is 2.26. The Morgan fingerprint density at radius 1 is 1.13 bits per heavy atom. The number of aryl methyl sites for hydroxylation is 1. The minimum absolute atomic E-state index is 0.0331. The van der Waals surface area contributed by atoms with Crippen molar-refractivity contribution in [3.63, 3.8) is 0 Å². The number of halogens is 1. The minimum atomic E-state index is -0.643. The van der Waals surface area contributed by atoms with Gasteiger partial charge >= 0.3 is 5.97 Å². The Hall–Kier alpha value is -3.59. The summed E-state index contributed by atoms with van der Waals surface area (Å²) < 4.78 is 10.1. The number of carbonyl (C=O) groups is 2. The zero-order valence-corrected chi connectivity index (χ0v) is 22.4. The molecular formula is C28H33ClN4O5. The first kappa shape index (κ1) is 27.4. The van der Waals surface area contributed by atoms with E-state index in [0.717, 1.165) is 31.2 Å². The van der Waals surface area contributed by atoms with Gasteiger partial charge in [0.2, 0.25) is 5.91 Å². The van der Waals surface area contributed by atoms with Crippen LogP contribution in [0.2, 0.25) is 5.02 Å². The Bertz CT molecular complexity index is 1300. The Kier molecular flexibility index (Phi) is 9.23. The normalized spacial score (nSPS) is 14.6. The number of nitrogens with zero attached hydrogens (tertiary/aromatic N) is 2. The van der Waals surface area contributed by atoms with E-state index in [0.29, 0.717) is 51.9 Å². The summed E-state index contributed by atoms with van der Waals surface area (Å²) in [5.41, 5.74) is 2.11. The summed E-state index contributed by atoms with van der Waals surface area (Å²) in [4.78, 5) is 33.8. The summed E-state index contributed by atoms with van der Waals surface area (Å²) in [5.74, 6) is 0.538. The van der Waals surface area contributed by atoms with Gasteiger partial charge in [0.15, 0.2) is 11.5 Å². The van der Waals surface area contributed by atoms with Crippen LogP contribution in [-0.2, 0) is 20.7 Å². The number of aromatic nitrogens is 2. The van der Waals surface area contributed by atoms with Gasteiger partial charge in [-0.2, -0.15) is 0 Å². The summed E-state index contributed by atoms with van der Waals surface area (Å²) in [6.45, 7) is 0. The molecule has 1 heterocycles. The van der Waals surface area contributed by atoms with Crippen molar-refractivity contribution in [2.45, 2.75) is 57.4 Å². The van der Waals surface area contributed by atoms with Crippen LogP contribution in [0.25, 0.3) is 10.9 Å². The van der Waals surface area contributed by atoms with E-state index in [4.69, 9.17) is 21.1 Å². The number of esters is 1. The number of benzene rings is 2. The highest BCUT2D eigenvalue weighted by molar-refractivity contribution is 6.30. The summed E-state index contributed by atoms with van der Waals surface area (Å²) in [5, 5.41) is 17.5. The molecule has 1 atom stereocenters. The second kappa shape index (κ2) is 12.8. The monoisotopic (exact) mass is 540 g/mol. The molecule has 0 saturated heterocycles. The highest BCUT2D eigenvalue weighted by atomic mass is 35.5. The van der Waals surface area contributed by atoms with E-state index < -0.39 is 12.0 Å². The average molecular weight is 541 g/mol. The second-order valence-electron chi connectivity index (χ2n) is 9.57. The van der Waals surface area contributed by atoms with Gasteiger partial charge in [0.25, 0.3) is 0 Å². The third-order valence-electron chi connectivity index (χ3n) is 7.00. The van der Waals surface area contributed by atoms with Gasteiger partial charge in [0, 0.05) is 28.6 Å². The number of anilines is 2. The number of hydrogen-bond acceptors (Lipinski definition) is 8. The molecule has 3 aromatic rings. The molecule has 0 spiro atoms. The number of aromatic hydroxyl groups is 1. The lowest BCUT2D eigenvalue weighted by molar-refractivity contribution is -0.145. The first-order chi connectivity index (χ1) is 18.4. The SMILES string of the molecule is COC(=O)[C@@H](CC1CCCCC1)NC(=O)CCc1ccc(Cl)cc1Nc1ncnc2cc(OC)c(O)cc12. The van der Waals surface area contributed by atoms with Crippen LogP contribution in [0.15, 0.2) is 36.7 Å². The predicted octanol–water partition coefficient (Wildman–Crippen LogP) is 5.30. The average Bonchev–Trinajstić information content (AvgIpc) is 2.92. The van der Waals surface area contributed by atoms with Gasteiger partial charge in [-0.1, -0.05) is 49.8 Å². The van der Waals surface area contributed by atoms with E-state index in [-0.39, 0.29) is 18.1 Å². The number of ether oxygens (including phenoxy) is 2. The van der Waals surface area contributed by atoms with Crippen molar-refractivity contribution in [2.24, 2.45) is 5.92 Å². The molecule has 1 amide bonds. The fourth-order valence-electron chi connectivity index (χ4n) is 4.97. The molecule has 1 aromatic heterocycles. The number of nitrogens with one attached hydrogen (secondary N) is 2. The van der Waals surface area contributed by atoms with Crippen LogP contribution in [0.1, 0.15) is 50.5 Å². The molecule has 10 heteroatoms. The van der Waals surface area contributed by atoms with Gasteiger partial charge in [-0.15, -0.1) is 0 Å². The van der Waals surface area contributed by atoms with E-state index in [1.54, 1.807) is 18.2 Å². The van der Waals surface area contributed by atoms with Gasteiger partial charge in [-0.3, -0.25) is 4.79 Å². The molecule has 4 rings (SSSR count). The molecule has 202 valence electrons. The molecular weight excluding hydrogens is 508 g/mol. The molecule has 3 N–H and O–H groups in total. The third kappa shape index (κ3) is 6.83. The lowest BCUT2D eigenvalue weighted by Gasteiger charge is -2.25. The van der Waals surface area contributed by atoms with Crippen LogP contribution >= 0.6 is 11.6 Å². The number of rotatable bonds is 10. The lowest BCUT2D eigenvalue weighted by Crippen LogP contribution is -2.43. The molecule has 0 radical (unpaired) electrons.